The number of carbonyl (C=O) groups excluding carboxylic acids is 1. The number of carbonyl (C=O) groups is 1. The lowest BCUT2D eigenvalue weighted by Gasteiger charge is -2.24. The number of halogens is 1. The lowest BCUT2D eigenvalue weighted by molar-refractivity contribution is -0.120. The first-order chi connectivity index (χ1) is 12.2. The van der Waals surface area contributed by atoms with E-state index in [1.165, 1.54) is 42.5 Å². The fourth-order valence-corrected chi connectivity index (χ4v) is 4.68. The Kier molecular flexibility index (Phi) is 4.92. The normalized spacial score (nSPS) is 11.8. The lowest BCUT2D eigenvalue weighted by Crippen LogP contribution is -2.39. The molecule has 3 rings (SSSR count). The zero-order valence-corrected chi connectivity index (χ0v) is 16.2. The van der Waals surface area contributed by atoms with Crippen molar-refractivity contribution >= 4 is 54.8 Å². The molecule has 3 aromatic rings. The van der Waals surface area contributed by atoms with Crippen LogP contribution in [0, 0.1) is 5.92 Å². The Morgan fingerprint density at radius 2 is 1.81 bits per heavy atom. The Hall–Kier alpha value is -2.16. The minimum absolute atomic E-state index is 0.0589. The van der Waals surface area contributed by atoms with Crippen molar-refractivity contribution in [3.63, 3.8) is 0 Å². The van der Waals surface area contributed by atoms with Gasteiger partial charge in [0.1, 0.15) is 5.58 Å². The quantitative estimate of drug-likeness (QED) is 0.650. The van der Waals surface area contributed by atoms with Crippen LogP contribution in [-0.4, -0.2) is 14.3 Å². The van der Waals surface area contributed by atoms with Crippen LogP contribution in [0.2, 0.25) is 5.02 Å². The van der Waals surface area contributed by atoms with Gasteiger partial charge in [-0.1, -0.05) is 36.8 Å². The summed E-state index contributed by atoms with van der Waals surface area (Å²) in [6, 6.07) is 9.93. The van der Waals surface area contributed by atoms with Crippen LogP contribution in [0.3, 0.4) is 0 Å². The fourth-order valence-electron chi connectivity index (χ4n) is 2.32. The lowest BCUT2D eigenvalue weighted by atomic mass is 10.2. The summed E-state index contributed by atoms with van der Waals surface area (Å²) in [5.41, 5.74) is 0.479. The van der Waals surface area contributed by atoms with Crippen LogP contribution in [0.5, 0.6) is 0 Å². The molecule has 0 saturated carbocycles. The van der Waals surface area contributed by atoms with E-state index >= 15 is 0 Å². The van der Waals surface area contributed by atoms with Gasteiger partial charge in [0.15, 0.2) is 0 Å². The molecule has 0 bridgehead atoms. The molecular weight excluding hydrogens is 398 g/mol. The van der Waals surface area contributed by atoms with Gasteiger partial charge in [0, 0.05) is 10.9 Å². The molecule has 1 heterocycles. The van der Waals surface area contributed by atoms with E-state index in [-0.39, 0.29) is 10.6 Å². The van der Waals surface area contributed by atoms with E-state index in [0.717, 1.165) is 15.6 Å². The van der Waals surface area contributed by atoms with Crippen molar-refractivity contribution in [2.75, 3.05) is 4.31 Å². The molecule has 1 amide bonds. The number of amides is 1. The number of hydrogen-bond acceptors (Lipinski definition) is 6. The predicted octanol–water partition coefficient (Wildman–Crippen LogP) is 3.89. The Morgan fingerprint density at radius 3 is 2.42 bits per heavy atom. The summed E-state index contributed by atoms with van der Waals surface area (Å²) in [5.74, 6) is -1.15. The molecule has 9 heteroatoms. The largest absolute Gasteiger partial charge is 0.414 e. The first-order valence-corrected chi connectivity index (χ1v) is 10.2. The Morgan fingerprint density at radius 1 is 1.15 bits per heavy atom. The van der Waals surface area contributed by atoms with Crippen LogP contribution in [-0.2, 0) is 14.8 Å². The van der Waals surface area contributed by atoms with Gasteiger partial charge in [-0.25, -0.2) is 17.5 Å². The van der Waals surface area contributed by atoms with Crippen LogP contribution < -0.4 is 9.24 Å². The third-order valence-corrected chi connectivity index (χ3v) is 6.37. The first kappa shape index (κ1) is 18.6. The second-order valence-corrected chi connectivity index (χ2v) is 9.00. The van der Waals surface area contributed by atoms with E-state index in [0.29, 0.717) is 15.3 Å². The smallest absolute Gasteiger partial charge is 0.396 e. The van der Waals surface area contributed by atoms with Crippen molar-refractivity contribution in [2.24, 2.45) is 5.92 Å². The minimum Gasteiger partial charge on any atom is -0.414 e. The molecule has 0 aliphatic heterocycles. The van der Waals surface area contributed by atoms with Crippen molar-refractivity contribution in [3.05, 3.63) is 57.2 Å². The number of benzene rings is 2. The topological polar surface area (TPSA) is 84.7 Å². The molecule has 0 spiro atoms. The van der Waals surface area contributed by atoms with Crippen molar-refractivity contribution in [3.8, 4) is 0 Å². The molecule has 0 aliphatic rings. The second-order valence-electron chi connectivity index (χ2n) is 5.80. The zero-order chi connectivity index (χ0) is 19.1. The van der Waals surface area contributed by atoms with Crippen LogP contribution in [0.4, 0.5) is 5.69 Å². The summed E-state index contributed by atoms with van der Waals surface area (Å²) in [4.78, 5) is 23.6. The molecule has 0 fully saturated rings. The third-order valence-electron chi connectivity index (χ3n) is 3.59. The molecule has 136 valence electrons. The van der Waals surface area contributed by atoms with Gasteiger partial charge in [0.25, 0.3) is 10.0 Å². The van der Waals surface area contributed by atoms with Crippen molar-refractivity contribution in [1.29, 1.82) is 0 Å². The standard InChI is InChI=1S/C17H14ClNO5S2/c1-10(2)16(20)19(26(22,23)13-6-3-11(18)4-7-13)12-5-8-14-15(9-12)25-17(21)24-14/h3-10H,1-2H3. The van der Waals surface area contributed by atoms with E-state index in [1.807, 2.05) is 0 Å². The molecule has 2 aromatic carbocycles. The Labute approximate surface area is 158 Å². The molecule has 0 unspecified atom stereocenters. The summed E-state index contributed by atoms with van der Waals surface area (Å²) in [5, 5.41) is 0.385. The average molecular weight is 412 g/mol. The summed E-state index contributed by atoms with van der Waals surface area (Å²) in [6.45, 7) is 3.23. The molecule has 0 saturated heterocycles. The van der Waals surface area contributed by atoms with E-state index in [2.05, 4.69) is 0 Å². The summed E-state index contributed by atoms with van der Waals surface area (Å²) >= 11 is 6.66. The highest BCUT2D eigenvalue weighted by atomic mass is 35.5. The van der Waals surface area contributed by atoms with Gasteiger partial charge in [0.05, 0.1) is 15.3 Å². The van der Waals surface area contributed by atoms with Crippen molar-refractivity contribution in [2.45, 2.75) is 18.7 Å². The fraction of sp³-hybridized carbons (Fsp3) is 0.176. The van der Waals surface area contributed by atoms with Crippen LogP contribution >= 0.6 is 22.9 Å². The van der Waals surface area contributed by atoms with Gasteiger partial charge < -0.3 is 4.42 Å². The highest BCUT2D eigenvalue weighted by Gasteiger charge is 2.32. The molecule has 1 aromatic heterocycles. The zero-order valence-electron chi connectivity index (χ0n) is 13.8. The van der Waals surface area contributed by atoms with E-state index < -0.39 is 26.8 Å². The SMILES string of the molecule is CC(C)C(=O)N(c1ccc2oc(=O)sc2c1)S(=O)(=O)c1ccc(Cl)cc1. The molecule has 0 atom stereocenters. The number of rotatable bonds is 4. The van der Waals surface area contributed by atoms with Gasteiger partial charge >= 0.3 is 4.94 Å². The minimum atomic E-state index is -4.16. The van der Waals surface area contributed by atoms with Crippen LogP contribution in [0.25, 0.3) is 10.3 Å². The average Bonchev–Trinajstić information content (AvgIpc) is 2.94. The highest BCUT2D eigenvalue weighted by Crippen LogP contribution is 2.30. The molecule has 0 aliphatic carbocycles. The molecular formula is C17H14ClNO5S2. The number of anilines is 1. The molecule has 0 N–H and O–H groups in total. The van der Waals surface area contributed by atoms with Crippen molar-refractivity contribution < 1.29 is 17.6 Å². The number of nitrogens with zero attached hydrogens (tertiary/aromatic N) is 1. The number of fused-ring (bicyclic) bond motifs is 1. The van der Waals surface area contributed by atoms with Gasteiger partial charge in [-0.15, -0.1) is 0 Å². The molecule has 6 nitrogen and oxygen atoms in total. The van der Waals surface area contributed by atoms with E-state index in [1.54, 1.807) is 13.8 Å². The van der Waals surface area contributed by atoms with Gasteiger partial charge in [0.2, 0.25) is 5.91 Å². The molecule has 0 radical (unpaired) electrons. The van der Waals surface area contributed by atoms with Crippen LogP contribution in [0.1, 0.15) is 13.8 Å². The van der Waals surface area contributed by atoms with Gasteiger partial charge in [-0.05, 0) is 42.5 Å². The maximum absolute atomic E-state index is 13.1. The Balaban J connectivity index is 2.19. The van der Waals surface area contributed by atoms with E-state index in [9.17, 15) is 18.0 Å². The van der Waals surface area contributed by atoms with Crippen LogP contribution in [0.15, 0.2) is 56.6 Å². The number of hydrogen-bond donors (Lipinski definition) is 0. The Bertz CT molecular complexity index is 1130. The maximum atomic E-state index is 13.1. The van der Waals surface area contributed by atoms with Crippen molar-refractivity contribution in [1.82, 2.24) is 0 Å². The second kappa shape index (κ2) is 6.86. The number of sulfonamides is 1. The van der Waals surface area contributed by atoms with Gasteiger partial charge in [-0.2, -0.15) is 0 Å². The maximum Gasteiger partial charge on any atom is 0.396 e. The third kappa shape index (κ3) is 3.40. The highest BCUT2D eigenvalue weighted by molar-refractivity contribution is 7.93. The summed E-state index contributed by atoms with van der Waals surface area (Å²) in [6.07, 6.45) is 0. The predicted molar refractivity (Wildman–Crippen MR) is 101 cm³/mol. The van der Waals surface area contributed by atoms with E-state index in [4.69, 9.17) is 16.0 Å². The van der Waals surface area contributed by atoms with Gasteiger partial charge in [-0.3, -0.25) is 4.79 Å². The monoisotopic (exact) mass is 411 g/mol. The molecule has 26 heavy (non-hydrogen) atoms. The summed E-state index contributed by atoms with van der Waals surface area (Å²) < 4.78 is 32.4. The first-order valence-electron chi connectivity index (χ1n) is 7.58. The summed E-state index contributed by atoms with van der Waals surface area (Å²) in [7, 11) is -4.16.